The number of benzene rings is 1. The number of ether oxygens (including phenoxy) is 2. The fourth-order valence-electron chi connectivity index (χ4n) is 1.78. The van der Waals surface area contributed by atoms with E-state index in [0.29, 0.717) is 6.54 Å². The topological polar surface area (TPSA) is 56.5 Å². The van der Waals surface area contributed by atoms with Crippen LogP contribution in [0.15, 0.2) is 18.2 Å². The molecular weight excluding hydrogens is 216 g/mol. The molecule has 1 aliphatic rings. The highest BCUT2D eigenvalue weighted by Gasteiger charge is 2.17. The van der Waals surface area contributed by atoms with Crippen LogP contribution < -0.4 is 20.5 Å². The molecule has 90 valence electrons. The maximum Gasteiger partial charge on any atom is 0.231 e. The average Bonchev–Trinajstić information content (AvgIpc) is 2.82. The fourth-order valence-corrected chi connectivity index (χ4v) is 1.78. The normalized spacial score (nSPS) is 16.3. The number of hydrogen-bond donors (Lipinski definition) is 2. The Hall–Kier alpha value is -1.70. The van der Waals surface area contributed by atoms with Crippen molar-refractivity contribution in [1.82, 2.24) is 5.32 Å². The zero-order chi connectivity index (χ0) is 12.3. The van der Waals surface area contributed by atoms with E-state index in [0.717, 1.165) is 17.1 Å². The monoisotopic (exact) mass is 232 g/mol. The first-order chi connectivity index (χ1) is 8.24. The second-order valence-electron chi connectivity index (χ2n) is 3.96. The predicted molar refractivity (Wildman–Crippen MR) is 65.8 cm³/mol. The minimum absolute atomic E-state index is 0.0195. The SMILES string of the molecule is C#CC(C)NC(CN)c1ccc2c(c1)OCO2. The number of nitrogens with one attached hydrogen (secondary N) is 1. The Kier molecular flexibility index (Phi) is 3.52. The van der Waals surface area contributed by atoms with Crippen molar-refractivity contribution in [3.8, 4) is 23.8 Å². The van der Waals surface area contributed by atoms with Gasteiger partial charge < -0.3 is 15.2 Å². The van der Waals surface area contributed by atoms with Crippen LogP contribution in [0.3, 0.4) is 0 Å². The van der Waals surface area contributed by atoms with E-state index >= 15 is 0 Å². The molecule has 1 heterocycles. The molecule has 0 fully saturated rings. The summed E-state index contributed by atoms with van der Waals surface area (Å²) >= 11 is 0. The number of hydrogen-bond acceptors (Lipinski definition) is 4. The Morgan fingerprint density at radius 3 is 2.94 bits per heavy atom. The molecule has 3 N–H and O–H groups in total. The lowest BCUT2D eigenvalue weighted by atomic mass is 10.1. The fraction of sp³-hybridized carbons (Fsp3) is 0.385. The zero-order valence-corrected chi connectivity index (χ0v) is 9.77. The van der Waals surface area contributed by atoms with Crippen LogP contribution in [-0.2, 0) is 0 Å². The molecule has 2 atom stereocenters. The van der Waals surface area contributed by atoms with E-state index < -0.39 is 0 Å². The van der Waals surface area contributed by atoms with Gasteiger partial charge in [-0.15, -0.1) is 6.42 Å². The minimum atomic E-state index is -0.0195. The molecule has 4 nitrogen and oxygen atoms in total. The van der Waals surface area contributed by atoms with Crippen LogP contribution in [0.25, 0.3) is 0 Å². The van der Waals surface area contributed by atoms with Gasteiger partial charge in [-0.05, 0) is 24.6 Å². The summed E-state index contributed by atoms with van der Waals surface area (Å²) in [4.78, 5) is 0. The van der Waals surface area contributed by atoms with Crippen LogP contribution in [0.1, 0.15) is 18.5 Å². The highest BCUT2D eigenvalue weighted by molar-refractivity contribution is 5.45. The lowest BCUT2D eigenvalue weighted by Gasteiger charge is -2.19. The van der Waals surface area contributed by atoms with Gasteiger partial charge in [0.15, 0.2) is 11.5 Å². The maximum absolute atomic E-state index is 5.75. The molecule has 2 unspecified atom stereocenters. The smallest absolute Gasteiger partial charge is 0.231 e. The zero-order valence-electron chi connectivity index (χ0n) is 9.77. The largest absolute Gasteiger partial charge is 0.454 e. The Labute approximate surface area is 101 Å². The van der Waals surface area contributed by atoms with Crippen molar-refractivity contribution in [2.24, 2.45) is 5.73 Å². The van der Waals surface area contributed by atoms with E-state index in [1.165, 1.54) is 0 Å². The second kappa shape index (κ2) is 5.09. The highest BCUT2D eigenvalue weighted by atomic mass is 16.7. The Bertz CT molecular complexity index is 440. The first-order valence-electron chi connectivity index (χ1n) is 5.56. The van der Waals surface area contributed by atoms with Crippen molar-refractivity contribution in [3.63, 3.8) is 0 Å². The molecular formula is C13H16N2O2. The molecule has 0 aromatic heterocycles. The van der Waals surface area contributed by atoms with E-state index in [4.69, 9.17) is 21.6 Å². The number of fused-ring (bicyclic) bond motifs is 1. The van der Waals surface area contributed by atoms with Gasteiger partial charge in [0, 0.05) is 12.6 Å². The van der Waals surface area contributed by atoms with Gasteiger partial charge in [0.25, 0.3) is 0 Å². The average molecular weight is 232 g/mol. The molecule has 0 bridgehead atoms. The van der Waals surface area contributed by atoms with Gasteiger partial charge in [-0.1, -0.05) is 12.0 Å². The maximum atomic E-state index is 5.75. The standard InChI is InChI=1S/C13H16N2O2/c1-3-9(2)15-11(7-14)10-4-5-12-13(6-10)17-8-16-12/h1,4-6,9,11,15H,7-8,14H2,2H3. The molecule has 0 spiro atoms. The third-order valence-corrected chi connectivity index (χ3v) is 2.74. The number of terminal acetylenes is 1. The van der Waals surface area contributed by atoms with Crippen LogP contribution in [0.5, 0.6) is 11.5 Å². The van der Waals surface area contributed by atoms with Crippen LogP contribution >= 0.6 is 0 Å². The summed E-state index contributed by atoms with van der Waals surface area (Å²) in [5.41, 5.74) is 6.80. The van der Waals surface area contributed by atoms with Crippen molar-refractivity contribution in [1.29, 1.82) is 0 Å². The van der Waals surface area contributed by atoms with Crippen molar-refractivity contribution < 1.29 is 9.47 Å². The predicted octanol–water partition coefficient (Wildman–Crippen LogP) is 1.03. The molecule has 0 amide bonds. The first kappa shape index (κ1) is 11.8. The Morgan fingerprint density at radius 2 is 2.24 bits per heavy atom. The van der Waals surface area contributed by atoms with Gasteiger partial charge in [-0.3, -0.25) is 5.32 Å². The summed E-state index contributed by atoms with van der Waals surface area (Å²) in [6.07, 6.45) is 5.35. The van der Waals surface area contributed by atoms with Crippen LogP contribution in [0, 0.1) is 12.3 Å². The summed E-state index contributed by atoms with van der Waals surface area (Å²) in [6.45, 7) is 2.68. The van der Waals surface area contributed by atoms with Gasteiger partial charge >= 0.3 is 0 Å². The third-order valence-electron chi connectivity index (χ3n) is 2.74. The minimum Gasteiger partial charge on any atom is -0.454 e. The molecule has 0 saturated carbocycles. The van der Waals surface area contributed by atoms with E-state index in [-0.39, 0.29) is 18.9 Å². The quantitative estimate of drug-likeness (QED) is 0.761. The van der Waals surface area contributed by atoms with Crippen molar-refractivity contribution in [2.75, 3.05) is 13.3 Å². The molecule has 2 rings (SSSR count). The number of nitrogens with two attached hydrogens (primary N) is 1. The van der Waals surface area contributed by atoms with E-state index in [9.17, 15) is 0 Å². The van der Waals surface area contributed by atoms with Gasteiger partial charge in [-0.2, -0.15) is 0 Å². The van der Waals surface area contributed by atoms with Crippen LogP contribution in [0.2, 0.25) is 0 Å². The lowest BCUT2D eigenvalue weighted by molar-refractivity contribution is 0.174. The van der Waals surface area contributed by atoms with Crippen molar-refractivity contribution >= 4 is 0 Å². The Balaban J connectivity index is 2.17. The van der Waals surface area contributed by atoms with Gasteiger partial charge in [-0.25, -0.2) is 0 Å². The highest BCUT2D eigenvalue weighted by Crippen LogP contribution is 2.34. The lowest BCUT2D eigenvalue weighted by Crippen LogP contribution is -2.34. The summed E-state index contributed by atoms with van der Waals surface area (Å²) in [7, 11) is 0. The van der Waals surface area contributed by atoms with E-state index in [2.05, 4.69) is 11.2 Å². The molecule has 1 aromatic carbocycles. The van der Waals surface area contributed by atoms with Crippen LogP contribution in [0.4, 0.5) is 0 Å². The van der Waals surface area contributed by atoms with Gasteiger partial charge in [0.05, 0.1) is 6.04 Å². The van der Waals surface area contributed by atoms with Crippen molar-refractivity contribution in [3.05, 3.63) is 23.8 Å². The second-order valence-corrected chi connectivity index (χ2v) is 3.96. The summed E-state index contributed by atoms with van der Waals surface area (Å²) < 4.78 is 10.6. The molecule has 1 aliphatic heterocycles. The van der Waals surface area contributed by atoms with Crippen LogP contribution in [-0.4, -0.2) is 19.4 Å². The third kappa shape index (κ3) is 2.52. The number of rotatable bonds is 4. The molecule has 17 heavy (non-hydrogen) atoms. The summed E-state index contributed by atoms with van der Waals surface area (Å²) in [5.74, 6) is 4.16. The first-order valence-corrected chi connectivity index (χ1v) is 5.56. The van der Waals surface area contributed by atoms with E-state index in [1.54, 1.807) is 0 Å². The Morgan fingerprint density at radius 1 is 1.47 bits per heavy atom. The van der Waals surface area contributed by atoms with Gasteiger partial charge in [0.2, 0.25) is 6.79 Å². The van der Waals surface area contributed by atoms with Crippen molar-refractivity contribution in [2.45, 2.75) is 19.0 Å². The molecule has 0 aliphatic carbocycles. The summed E-state index contributed by atoms with van der Waals surface area (Å²) in [5, 5.41) is 3.27. The summed E-state index contributed by atoms with van der Waals surface area (Å²) in [6, 6.07) is 5.81. The molecule has 0 saturated heterocycles. The molecule has 4 heteroatoms. The molecule has 1 aromatic rings. The van der Waals surface area contributed by atoms with E-state index in [1.807, 2.05) is 25.1 Å². The molecule has 0 radical (unpaired) electrons. The van der Waals surface area contributed by atoms with Gasteiger partial charge in [0.1, 0.15) is 0 Å².